The lowest BCUT2D eigenvalue weighted by atomic mass is 9.81. The molecule has 0 saturated heterocycles. The number of halogens is 1. The summed E-state index contributed by atoms with van der Waals surface area (Å²) in [6.07, 6.45) is -0.0887. The van der Waals surface area contributed by atoms with Crippen LogP contribution in [0.3, 0.4) is 0 Å². The molecule has 3 atom stereocenters. The van der Waals surface area contributed by atoms with Gasteiger partial charge in [0.25, 0.3) is 5.91 Å². The Morgan fingerprint density at radius 1 is 1.13 bits per heavy atom. The Balaban J connectivity index is 1.80. The van der Waals surface area contributed by atoms with Gasteiger partial charge in [-0.25, -0.2) is 4.79 Å². The summed E-state index contributed by atoms with van der Waals surface area (Å²) in [7, 11) is 3.29. The second-order valence-corrected chi connectivity index (χ2v) is 7.93. The molecule has 1 aliphatic rings. The molecule has 1 fully saturated rings. The van der Waals surface area contributed by atoms with Crippen molar-refractivity contribution < 1.29 is 23.9 Å². The van der Waals surface area contributed by atoms with Crippen molar-refractivity contribution in [3.8, 4) is 0 Å². The molecule has 9 nitrogen and oxygen atoms in total. The summed E-state index contributed by atoms with van der Waals surface area (Å²) in [5, 5.41) is 14.9. The summed E-state index contributed by atoms with van der Waals surface area (Å²) in [6.45, 7) is 0. The fourth-order valence-corrected chi connectivity index (χ4v) is 3.90. The second kappa shape index (κ2) is 8.74. The van der Waals surface area contributed by atoms with Gasteiger partial charge in [-0.2, -0.15) is 0 Å². The van der Waals surface area contributed by atoms with Gasteiger partial charge in [0.1, 0.15) is 5.58 Å². The maximum Gasteiger partial charge on any atom is 0.404 e. The summed E-state index contributed by atoms with van der Waals surface area (Å²) in [4.78, 5) is 50.0. The summed E-state index contributed by atoms with van der Waals surface area (Å²) >= 11 is 5.89. The Kier molecular flexibility index (Phi) is 6.31. The van der Waals surface area contributed by atoms with Crippen molar-refractivity contribution in [2.45, 2.75) is 31.3 Å². The predicted molar refractivity (Wildman–Crippen MR) is 110 cm³/mol. The highest BCUT2D eigenvalue weighted by Crippen LogP contribution is 2.27. The zero-order valence-electron chi connectivity index (χ0n) is 16.5. The third kappa shape index (κ3) is 4.73. The van der Waals surface area contributed by atoms with Crippen LogP contribution in [0, 0.1) is 5.92 Å². The van der Waals surface area contributed by atoms with E-state index in [1.165, 1.54) is 17.0 Å². The number of nitrogens with zero attached hydrogens (tertiary/aromatic N) is 1. The molecule has 30 heavy (non-hydrogen) atoms. The minimum absolute atomic E-state index is 0.0869. The fraction of sp³-hybridized carbons (Fsp3) is 0.400. The van der Waals surface area contributed by atoms with Crippen molar-refractivity contribution in [2.24, 2.45) is 5.92 Å². The van der Waals surface area contributed by atoms with E-state index >= 15 is 0 Å². The molecule has 0 radical (unpaired) electrons. The highest BCUT2D eigenvalue weighted by atomic mass is 35.5. The van der Waals surface area contributed by atoms with Crippen LogP contribution in [-0.4, -0.2) is 54.1 Å². The number of carbonyl (C=O) groups excluding carboxylic acids is 2. The van der Waals surface area contributed by atoms with E-state index in [1.54, 1.807) is 20.2 Å². The van der Waals surface area contributed by atoms with Crippen LogP contribution in [0.4, 0.5) is 4.79 Å². The van der Waals surface area contributed by atoms with E-state index in [4.69, 9.17) is 21.1 Å². The highest BCUT2D eigenvalue weighted by Gasteiger charge is 2.36. The summed E-state index contributed by atoms with van der Waals surface area (Å²) in [6, 6.07) is 4.38. The lowest BCUT2D eigenvalue weighted by Crippen LogP contribution is -2.55. The number of carboxylic acid groups (broad SMARTS) is 1. The Morgan fingerprint density at radius 3 is 2.53 bits per heavy atom. The first-order valence-corrected chi connectivity index (χ1v) is 9.78. The van der Waals surface area contributed by atoms with Crippen LogP contribution in [0.1, 0.15) is 29.8 Å². The first kappa shape index (κ1) is 21.6. The van der Waals surface area contributed by atoms with Gasteiger partial charge in [0.2, 0.25) is 5.91 Å². The van der Waals surface area contributed by atoms with Crippen molar-refractivity contribution in [3.05, 3.63) is 45.3 Å². The van der Waals surface area contributed by atoms with Gasteiger partial charge in [0.05, 0.1) is 11.4 Å². The number of rotatable bonds is 4. The Morgan fingerprint density at radius 2 is 1.87 bits per heavy atom. The van der Waals surface area contributed by atoms with Crippen molar-refractivity contribution in [1.29, 1.82) is 0 Å². The van der Waals surface area contributed by atoms with Crippen molar-refractivity contribution in [3.63, 3.8) is 0 Å². The number of carbonyl (C=O) groups is 3. The molecule has 0 aliphatic heterocycles. The first-order chi connectivity index (χ1) is 14.2. The average Bonchev–Trinajstić information content (AvgIpc) is 2.68. The van der Waals surface area contributed by atoms with Crippen LogP contribution in [0.15, 0.2) is 33.5 Å². The molecule has 3 N–H and O–H groups in total. The van der Waals surface area contributed by atoms with Crippen molar-refractivity contribution >= 4 is 40.5 Å². The molecule has 2 aromatic rings. The standard InChI is InChI=1S/C20H22ClN3O6/c1-24(2)19(27)10-3-5-13(14(7-10)23-20(28)29)22-18(26)17-9-15(25)12-8-11(21)4-6-16(12)30-17/h4,6,8-10,13-14,23H,3,5,7H2,1-2H3,(H,22,26)(H,28,29)/t10-,13-,14+/m0/s1. The lowest BCUT2D eigenvalue weighted by molar-refractivity contribution is -0.134. The molecule has 1 aliphatic carbocycles. The number of nitrogens with one attached hydrogen (secondary N) is 2. The van der Waals surface area contributed by atoms with E-state index in [1.807, 2.05) is 0 Å². The van der Waals surface area contributed by atoms with Gasteiger partial charge in [-0.15, -0.1) is 0 Å². The number of hydrogen-bond acceptors (Lipinski definition) is 5. The van der Waals surface area contributed by atoms with Gasteiger partial charge in [-0.1, -0.05) is 11.6 Å². The van der Waals surface area contributed by atoms with E-state index in [0.717, 1.165) is 6.07 Å². The van der Waals surface area contributed by atoms with Gasteiger partial charge in [-0.05, 0) is 37.5 Å². The molecule has 1 heterocycles. The highest BCUT2D eigenvalue weighted by molar-refractivity contribution is 6.31. The van der Waals surface area contributed by atoms with Gasteiger partial charge in [0.15, 0.2) is 11.2 Å². The quantitative estimate of drug-likeness (QED) is 0.674. The predicted octanol–water partition coefficient (Wildman–Crippen LogP) is 2.07. The molecular formula is C20H22ClN3O6. The topological polar surface area (TPSA) is 129 Å². The van der Waals surface area contributed by atoms with Crippen LogP contribution in [0.2, 0.25) is 5.02 Å². The van der Waals surface area contributed by atoms with Crippen LogP contribution >= 0.6 is 11.6 Å². The third-order valence-electron chi connectivity index (χ3n) is 5.18. The van der Waals surface area contributed by atoms with Gasteiger partial charge in [0, 0.05) is 37.1 Å². The molecule has 0 unspecified atom stereocenters. The molecule has 10 heteroatoms. The van der Waals surface area contributed by atoms with Crippen LogP contribution < -0.4 is 16.1 Å². The summed E-state index contributed by atoms with van der Waals surface area (Å²) in [5.41, 5.74) is -0.193. The van der Waals surface area contributed by atoms with Gasteiger partial charge < -0.3 is 25.1 Å². The molecule has 1 saturated carbocycles. The number of fused-ring (bicyclic) bond motifs is 1. The monoisotopic (exact) mass is 435 g/mol. The van der Waals surface area contributed by atoms with E-state index in [0.29, 0.717) is 17.9 Å². The number of hydrogen-bond donors (Lipinski definition) is 3. The molecule has 3 rings (SSSR count). The smallest absolute Gasteiger partial charge is 0.404 e. The molecular weight excluding hydrogens is 414 g/mol. The molecule has 0 bridgehead atoms. The van der Waals surface area contributed by atoms with Gasteiger partial charge in [-0.3, -0.25) is 14.4 Å². The largest absolute Gasteiger partial charge is 0.465 e. The molecule has 160 valence electrons. The Bertz CT molecular complexity index is 1050. The summed E-state index contributed by atoms with van der Waals surface area (Å²) in [5.74, 6) is -1.25. The lowest BCUT2D eigenvalue weighted by Gasteiger charge is -2.36. The van der Waals surface area contributed by atoms with E-state index in [9.17, 15) is 19.2 Å². The Hall–Kier alpha value is -3.07. The first-order valence-electron chi connectivity index (χ1n) is 9.40. The van der Waals surface area contributed by atoms with Crippen LogP contribution in [0.25, 0.3) is 11.0 Å². The van der Waals surface area contributed by atoms with E-state index < -0.39 is 29.5 Å². The zero-order chi connectivity index (χ0) is 22.0. The molecule has 1 aromatic heterocycles. The third-order valence-corrected chi connectivity index (χ3v) is 5.41. The molecule has 3 amide bonds. The minimum atomic E-state index is -1.24. The second-order valence-electron chi connectivity index (χ2n) is 7.49. The normalized spacial score (nSPS) is 21.1. The Labute approximate surface area is 177 Å². The summed E-state index contributed by atoms with van der Waals surface area (Å²) < 4.78 is 5.54. The maximum atomic E-state index is 12.7. The SMILES string of the molecule is CN(C)C(=O)[C@H]1CC[C@H](NC(=O)c2cc(=O)c3cc(Cl)ccc3o2)[C@H](NC(=O)O)C1. The molecule has 1 aromatic carbocycles. The minimum Gasteiger partial charge on any atom is -0.465 e. The molecule has 0 spiro atoms. The van der Waals surface area contributed by atoms with Crippen molar-refractivity contribution in [1.82, 2.24) is 15.5 Å². The van der Waals surface area contributed by atoms with Gasteiger partial charge >= 0.3 is 6.09 Å². The number of amides is 3. The average molecular weight is 436 g/mol. The van der Waals surface area contributed by atoms with Crippen LogP contribution in [-0.2, 0) is 4.79 Å². The fourth-order valence-electron chi connectivity index (χ4n) is 3.73. The van der Waals surface area contributed by atoms with Crippen molar-refractivity contribution in [2.75, 3.05) is 14.1 Å². The van der Waals surface area contributed by atoms with E-state index in [2.05, 4.69) is 10.6 Å². The van der Waals surface area contributed by atoms with E-state index in [-0.39, 0.29) is 35.0 Å². The van der Waals surface area contributed by atoms with Crippen LogP contribution in [0.5, 0.6) is 0 Å². The maximum absolute atomic E-state index is 12.7. The zero-order valence-corrected chi connectivity index (χ0v) is 17.2. The number of benzene rings is 1.